The maximum Gasteiger partial charge on any atom is 0.0556 e. The van der Waals surface area contributed by atoms with Gasteiger partial charge in [0.2, 0.25) is 0 Å². The van der Waals surface area contributed by atoms with Crippen LogP contribution in [0.25, 0.3) is 0 Å². The van der Waals surface area contributed by atoms with Crippen molar-refractivity contribution in [1.82, 2.24) is 0 Å². The van der Waals surface area contributed by atoms with Crippen LogP contribution in [0.1, 0.15) is 20.3 Å². The first-order valence-electron chi connectivity index (χ1n) is 3.72. The van der Waals surface area contributed by atoms with Crippen LogP contribution in [0.3, 0.4) is 0 Å². The van der Waals surface area contributed by atoms with E-state index < -0.39 is 0 Å². The van der Waals surface area contributed by atoms with Crippen LogP contribution in [0.4, 0.5) is 0 Å². The van der Waals surface area contributed by atoms with E-state index in [4.69, 9.17) is 11.2 Å². The average Bonchev–Trinajstić information content (AvgIpc) is 1.77. The number of hydrogen-bond acceptors (Lipinski definition) is 1. The van der Waals surface area contributed by atoms with E-state index in [1.807, 2.05) is 0 Å². The predicted octanol–water partition coefficient (Wildman–Crippen LogP) is 1.68. The van der Waals surface area contributed by atoms with Crippen molar-refractivity contribution in [2.45, 2.75) is 20.3 Å². The summed E-state index contributed by atoms with van der Waals surface area (Å²) in [4.78, 5) is 0. The molecule has 0 N–H and O–H groups in total. The molecule has 1 aliphatic heterocycles. The van der Waals surface area contributed by atoms with Crippen LogP contribution in [-0.4, -0.2) is 13.2 Å². The molecule has 0 aliphatic carbocycles. The molecule has 0 aromatic carbocycles. The lowest BCUT2D eigenvalue weighted by Crippen LogP contribution is -2.46. The molecule has 0 radical (unpaired) electrons. The van der Waals surface area contributed by atoms with Gasteiger partial charge in [0.1, 0.15) is 0 Å². The quantitative estimate of drug-likeness (QED) is 0.527. The van der Waals surface area contributed by atoms with E-state index in [0.29, 0.717) is 11.3 Å². The van der Waals surface area contributed by atoms with Gasteiger partial charge in [-0.2, -0.15) is 0 Å². The molecule has 10 heavy (non-hydrogen) atoms. The Bertz CT molecular complexity index is 149. The lowest BCUT2D eigenvalue weighted by molar-refractivity contribution is -0.135. The summed E-state index contributed by atoms with van der Waals surface area (Å²) in [5.41, 5.74) is 0.314. The van der Waals surface area contributed by atoms with Crippen molar-refractivity contribution >= 4 is 0 Å². The first kappa shape index (κ1) is 7.63. The van der Waals surface area contributed by atoms with Crippen LogP contribution in [0.2, 0.25) is 0 Å². The number of rotatable bonds is 2. The molecule has 0 spiro atoms. The van der Waals surface area contributed by atoms with Gasteiger partial charge in [0.25, 0.3) is 0 Å². The van der Waals surface area contributed by atoms with Gasteiger partial charge < -0.3 is 4.74 Å². The molecule has 1 rings (SSSR count). The summed E-state index contributed by atoms with van der Waals surface area (Å²) in [5, 5.41) is 0. The van der Waals surface area contributed by atoms with Crippen LogP contribution >= 0.6 is 0 Å². The van der Waals surface area contributed by atoms with Gasteiger partial charge in [0.15, 0.2) is 0 Å². The Hall–Kier alpha value is -0.480. The zero-order valence-electron chi connectivity index (χ0n) is 6.68. The van der Waals surface area contributed by atoms with E-state index in [0.717, 1.165) is 19.6 Å². The van der Waals surface area contributed by atoms with Crippen molar-refractivity contribution in [2.75, 3.05) is 13.2 Å². The molecule has 1 fully saturated rings. The third kappa shape index (κ3) is 1.04. The highest BCUT2D eigenvalue weighted by Gasteiger charge is 2.40. The third-order valence-corrected chi connectivity index (χ3v) is 2.46. The van der Waals surface area contributed by atoms with Gasteiger partial charge in [-0.15, -0.1) is 12.3 Å². The second-order valence-corrected chi connectivity index (χ2v) is 3.39. The molecule has 0 bridgehead atoms. The van der Waals surface area contributed by atoms with Gasteiger partial charge in [-0.05, 0) is 5.92 Å². The van der Waals surface area contributed by atoms with Crippen LogP contribution < -0.4 is 0 Å². The van der Waals surface area contributed by atoms with Crippen molar-refractivity contribution in [3.8, 4) is 12.3 Å². The Morgan fingerprint density at radius 3 is 2.30 bits per heavy atom. The highest BCUT2D eigenvalue weighted by atomic mass is 16.5. The molecule has 0 saturated carbocycles. The van der Waals surface area contributed by atoms with Crippen LogP contribution in [-0.2, 0) is 4.74 Å². The zero-order chi connectivity index (χ0) is 7.61. The zero-order valence-corrected chi connectivity index (χ0v) is 6.68. The SMILES string of the molecule is C#CCC1(C(C)C)COC1. The topological polar surface area (TPSA) is 9.23 Å². The lowest BCUT2D eigenvalue weighted by Gasteiger charge is -2.43. The smallest absolute Gasteiger partial charge is 0.0556 e. The van der Waals surface area contributed by atoms with E-state index in [-0.39, 0.29) is 0 Å². The summed E-state index contributed by atoms with van der Waals surface area (Å²) in [5.74, 6) is 3.36. The standard InChI is InChI=1S/C9H14O/c1-4-5-9(8(2)3)6-10-7-9/h1,8H,5-7H2,2-3H3. The maximum atomic E-state index is 5.26. The Kier molecular flexibility index (Phi) is 2.01. The highest BCUT2D eigenvalue weighted by Crippen LogP contribution is 2.38. The fourth-order valence-corrected chi connectivity index (χ4v) is 1.21. The first-order valence-corrected chi connectivity index (χ1v) is 3.72. The van der Waals surface area contributed by atoms with E-state index in [1.165, 1.54) is 0 Å². The van der Waals surface area contributed by atoms with Crippen LogP contribution in [0, 0.1) is 23.7 Å². The van der Waals surface area contributed by atoms with Crippen molar-refractivity contribution in [2.24, 2.45) is 11.3 Å². The van der Waals surface area contributed by atoms with Crippen molar-refractivity contribution < 1.29 is 4.74 Å². The van der Waals surface area contributed by atoms with E-state index in [9.17, 15) is 0 Å². The fourth-order valence-electron chi connectivity index (χ4n) is 1.21. The minimum atomic E-state index is 0.314. The average molecular weight is 138 g/mol. The summed E-state index contributed by atoms with van der Waals surface area (Å²) >= 11 is 0. The van der Waals surface area contributed by atoms with Crippen LogP contribution in [0.5, 0.6) is 0 Å². The number of terminal acetylenes is 1. The summed E-state index contributed by atoms with van der Waals surface area (Å²) < 4.78 is 5.16. The Morgan fingerprint density at radius 2 is 2.20 bits per heavy atom. The minimum absolute atomic E-state index is 0.314. The monoisotopic (exact) mass is 138 g/mol. The summed E-state index contributed by atoms with van der Waals surface area (Å²) in [6.07, 6.45) is 6.12. The molecule has 0 unspecified atom stereocenters. The van der Waals surface area contributed by atoms with Gasteiger partial charge in [-0.1, -0.05) is 13.8 Å². The van der Waals surface area contributed by atoms with Crippen molar-refractivity contribution in [1.29, 1.82) is 0 Å². The van der Waals surface area contributed by atoms with Gasteiger partial charge >= 0.3 is 0 Å². The molecule has 1 aliphatic rings. The summed E-state index contributed by atoms with van der Waals surface area (Å²) in [6, 6.07) is 0. The Morgan fingerprint density at radius 1 is 1.60 bits per heavy atom. The number of hydrogen-bond donors (Lipinski definition) is 0. The van der Waals surface area contributed by atoms with Gasteiger partial charge in [-0.25, -0.2) is 0 Å². The summed E-state index contributed by atoms with van der Waals surface area (Å²) in [7, 11) is 0. The molecule has 0 aromatic heterocycles. The van der Waals surface area contributed by atoms with Crippen molar-refractivity contribution in [3.05, 3.63) is 0 Å². The minimum Gasteiger partial charge on any atom is -0.380 e. The predicted molar refractivity (Wildman–Crippen MR) is 41.5 cm³/mol. The molecular formula is C9H14O. The number of ether oxygens (including phenoxy) is 1. The molecule has 1 heterocycles. The molecule has 1 heteroatoms. The molecule has 1 saturated heterocycles. The molecule has 0 amide bonds. The second kappa shape index (κ2) is 2.64. The van der Waals surface area contributed by atoms with E-state index in [1.54, 1.807) is 0 Å². The fraction of sp³-hybridized carbons (Fsp3) is 0.778. The molecule has 1 nitrogen and oxygen atoms in total. The molecule has 56 valence electrons. The molecule has 0 aromatic rings. The highest BCUT2D eigenvalue weighted by molar-refractivity contribution is 4.99. The third-order valence-electron chi connectivity index (χ3n) is 2.46. The lowest BCUT2D eigenvalue weighted by atomic mass is 9.73. The first-order chi connectivity index (χ1) is 4.71. The maximum absolute atomic E-state index is 5.26. The normalized spacial score (nSPS) is 21.8. The van der Waals surface area contributed by atoms with E-state index in [2.05, 4.69) is 19.8 Å². The van der Waals surface area contributed by atoms with Gasteiger partial charge in [0, 0.05) is 11.8 Å². The second-order valence-electron chi connectivity index (χ2n) is 3.39. The van der Waals surface area contributed by atoms with Crippen molar-refractivity contribution in [3.63, 3.8) is 0 Å². The Labute approximate surface area is 62.8 Å². The van der Waals surface area contributed by atoms with Gasteiger partial charge in [0.05, 0.1) is 13.2 Å². The molecular weight excluding hydrogens is 124 g/mol. The summed E-state index contributed by atoms with van der Waals surface area (Å²) in [6.45, 7) is 6.13. The largest absolute Gasteiger partial charge is 0.380 e. The van der Waals surface area contributed by atoms with E-state index >= 15 is 0 Å². The van der Waals surface area contributed by atoms with Crippen LogP contribution in [0.15, 0.2) is 0 Å². The van der Waals surface area contributed by atoms with Gasteiger partial charge in [-0.3, -0.25) is 0 Å². The Balaban J connectivity index is 2.52. The molecule has 0 atom stereocenters.